The molecule has 5 rings (SSSR count). The molecule has 1 fully saturated rings. The Morgan fingerprint density at radius 1 is 1.00 bits per heavy atom. The van der Waals surface area contributed by atoms with E-state index < -0.39 is 12.0 Å². The van der Waals surface area contributed by atoms with Crippen LogP contribution in [0, 0.1) is 0 Å². The standard InChI is InChI=1S/C28H32Cl2N6O3S/c29-19-6-8-24-21(18-19)26(20-4-1-2-5-22(20)30)31-23(7-9-25(38)39)27-32-33-28(36(24)27)40-17-3-10-34-11-13-35(14-12-34)15-16-37/h1-2,4-6,8,18,23,37H,3,7,9-17H2,(H,38,39)/t23-/m0/s1. The molecule has 0 spiro atoms. The van der Waals surface area contributed by atoms with E-state index in [0.29, 0.717) is 21.6 Å². The number of β-amino-alcohol motifs (C(OH)–C–C–N with tert-alkyl or cyclic N) is 1. The number of carboxylic acids is 1. The van der Waals surface area contributed by atoms with Gasteiger partial charge in [-0.05, 0) is 43.7 Å². The average Bonchev–Trinajstić information content (AvgIpc) is 3.30. The molecule has 0 amide bonds. The number of aromatic nitrogens is 3. The number of benzene rings is 2. The van der Waals surface area contributed by atoms with E-state index in [4.69, 9.17) is 33.3 Å². The maximum Gasteiger partial charge on any atom is 0.303 e. The second-order valence-electron chi connectivity index (χ2n) is 9.85. The quantitative estimate of drug-likeness (QED) is 0.245. The van der Waals surface area contributed by atoms with Crippen molar-refractivity contribution in [2.75, 3.05) is 51.6 Å². The smallest absolute Gasteiger partial charge is 0.303 e. The molecule has 1 saturated heterocycles. The van der Waals surface area contributed by atoms with E-state index in [0.717, 1.165) is 73.4 Å². The van der Waals surface area contributed by atoms with Crippen molar-refractivity contribution in [2.24, 2.45) is 4.99 Å². The average molecular weight is 604 g/mol. The molecule has 1 atom stereocenters. The number of piperazine rings is 1. The summed E-state index contributed by atoms with van der Waals surface area (Å²) in [4.78, 5) is 21.3. The number of halogens is 2. The summed E-state index contributed by atoms with van der Waals surface area (Å²) in [7, 11) is 0. The van der Waals surface area contributed by atoms with Gasteiger partial charge in [0.2, 0.25) is 0 Å². The third kappa shape index (κ3) is 6.70. The van der Waals surface area contributed by atoms with Gasteiger partial charge < -0.3 is 15.1 Å². The van der Waals surface area contributed by atoms with Gasteiger partial charge in [0.1, 0.15) is 6.04 Å². The van der Waals surface area contributed by atoms with E-state index >= 15 is 0 Å². The maximum atomic E-state index is 11.5. The van der Waals surface area contributed by atoms with Gasteiger partial charge in [-0.3, -0.25) is 19.3 Å². The van der Waals surface area contributed by atoms with Crippen LogP contribution in [0.3, 0.4) is 0 Å². The zero-order chi connectivity index (χ0) is 28.1. The molecule has 0 saturated carbocycles. The number of aliphatic hydroxyl groups excluding tert-OH is 1. The number of hydrogen-bond acceptors (Lipinski definition) is 8. The summed E-state index contributed by atoms with van der Waals surface area (Å²) in [6, 6.07) is 12.6. The van der Waals surface area contributed by atoms with E-state index in [2.05, 4.69) is 20.0 Å². The van der Waals surface area contributed by atoms with Crippen molar-refractivity contribution in [1.82, 2.24) is 24.6 Å². The normalized spacial score (nSPS) is 17.7. The van der Waals surface area contributed by atoms with Crippen LogP contribution >= 0.6 is 35.0 Å². The van der Waals surface area contributed by atoms with Gasteiger partial charge in [-0.2, -0.15) is 0 Å². The maximum absolute atomic E-state index is 11.5. The van der Waals surface area contributed by atoms with E-state index in [-0.39, 0.29) is 19.4 Å². The van der Waals surface area contributed by atoms with Gasteiger partial charge >= 0.3 is 5.97 Å². The lowest BCUT2D eigenvalue weighted by Crippen LogP contribution is -2.47. The molecule has 0 radical (unpaired) electrons. The van der Waals surface area contributed by atoms with Crippen LogP contribution in [0.2, 0.25) is 10.0 Å². The van der Waals surface area contributed by atoms with Crippen LogP contribution in [-0.4, -0.2) is 98.1 Å². The first kappa shape index (κ1) is 29.0. The van der Waals surface area contributed by atoms with E-state index in [1.807, 2.05) is 47.0 Å². The van der Waals surface area contributed by atoms with E-state index in [1.165, 1.54) is 0 Å². The summed E-state index contributed by atoms with van der Waals surface area (Å²) >= 11 is 14.7. The van der Waals surface area contributed by atoms with Gasteiger partial charge in [0, 0.05) is 66.1 Å². The fourth-order valence-electron chi connectivity index (χ4n) is 5.14. The van der Waals surface area contributed by atoms with Crippen LogP contribution < -0.4 is 0 Å². The molecule has 2 aromatic carbocycles. The Balaban J connectivity index is 1.41. The molecule has 2 aliphatic rings. The minimum Gasteiger partial charge on any atom is -0.481 e. The Labute approximate surface area is 247 Å². The van der Waals surface area contributed by atoms with E-state index in [1.54, 1.807) is 11.8 Å². The third-order valence-electron chi connectivity index (χ3n) is 7.19. The molecule has 0 aliphatic carbocycles. The van der Waals surface area contributed by atoms with Gasteiger partial charge in [0.15, 0.2) is 11.0 Å². The summed E-state index contributed by atoms with van der Waals surface area (Å²) in [6.45, 7) is 5.92. The molecular formula is C28H32Cl2N6O3S. The van der Waals surface area contributed by atoms with Crippen molar-refractivity contribution in [1.29, 1.82) is 0 Å². The lowest BCUT2D eigenvalue weighted by Gasteiger charge is -2.34. The van der Waals surface area contributed by atoms with Gasteiger partial charge in [0.05, 0.1) is 18.0 Å². The molecule has 0 bridgehead atoms. The molecule has 9 nitrogen and oxygen atoms in total. The first-order chi connectivity index (χ1) is 19.4. The predicted molar refractivity (Wildman–Crippen MR) is 158 cm³/mol. The predicted octanol–water partition coefficient (Wildman–Crippen LogP) is 4.42. The highest BCUT2D eigenvalue weighted by Gasteiger charge is 2.30. The molecule has 2 aliphatic heterocycles. The molecule has 12 heteroatoms. The summed E-state index contributed by atoms with van der Waals surface area (Å²) in [5, 5.41) is 29.5. The Morgan fingerprint density at radius 2 is 1.75 bits per heavy atom. The molecule has 0 unspecified atom stereocenters. The number of rotatable bonds is 11. The number of carbonyl (C=O) groups is 1. The topological polar surface area (TPSA) is 107 Å². The molecule has 3 aromatic rings. The van der Waals surface area contributed by atoms with Crippen LogP contribution in [0.5, 0.6) is 0 Å². The zero-order valence-electron chi connectivity index (χ0n) is 22.0. The lowest BCUT2D eigenvalue weighted by molar-refractivity contribution is -0.137. The Kier molecular flexibility index (Phi) is 9.77. The fourth-order valence-corrected chi connectivity index (χ4v) is 6.42. The Hall–Kier alpha value is -2.47. The number of thioether (sulfide) groups is 1. The number of nitrogens with zero attached hydrogens (tertiary/aromatic N) is 6. The molecule has 1 aromatic heterocycles. The SMILES string of the molecule is O=C(O)CC[C@@H]1N=C(c2ccccc2Cl)c2cc(Cl)ccc2-n2c(SCCCN3CCN(CCO)CC3)nnc21. The minimum absolute atomic E-state index is 0.0536. The molecule has 212 valence electrons. The monoisotopic (exact) mass is 602 g/mol. The molecular weight excluding hydrogens is 571 g/mol. The van der Waals surface area contributed by atoms with Gasteiger partial charge in [0.25, 0.3) is 0 Å². The van der Waals surface area contributed by atoms with Gasteiger partial charge in [-0.15, -0.1) is 10.2 Å². The highest BCUT2D eigenvalue weighted by atomic mass is 35.5. The van der Waals surface area contributed by atoms with Crippen molar-refractivity contribution < 1.29 is 15.0 Å². The number of fused-ring (bicyclic) bond motifs is 3. The Bertz CT molecular complexity index is 1380. The summed E-state index contributed by atoms with van der Waals surface area (Å²) < 4.78 is 2.00. The highest BCUT2D eigenvalue weighted by Crippen LogP contribution is 2.37. The number of hydrogen-bond donors (Lipinski definition) is 2. The van der Waals surface area contributed by atoms with Gasteiger partial charge in [-0.1, -0.05) is 53.2 Å². The number of carboxylic acid groups (broad SMARTS) is 1. The Morgan fingerprint density at radius 3 is 2.48 bits per heavy atom. The number of aliphatic imine (C=N–C) groups is 1. The van der Waals surface area contributed by atoms with Crippen LogP contribution in [0.25, 0.3) is 5.69 Å². The second kappa shape index (κ2) is 13.5. The highest BCUT2D eigenvalue weighted by molar-refractivity contribution is 7.99. The van der Waals surface area contributed by atoms with Crippen LogP contribution in [-0.2, 0) is 4.79 Å². The van der Waals surface area contributed by atoms with Crippen LogP contribution in [0.1, 0.15) is 42.3 Å². The number of aliphatic hydroxyl groups is 1. The van der Waals surface area contributed by atoms with Crippen molar-refractivity contribution in [3.8, 4) is 5.69 Å². The van der Waals surface area contributed by atoms with Crippen molar-refractivity contribution in [2.45, 2.75) is 30.5 Å². The molecule has 3 heterocycles. The molecule has 40 heavy (non-hydrogen) atoms. The van der Waals surface area contributed by atoms with Gasteiger partial charge in [-0.25, -0.2) is 0 Å². The first-order valence-electron chi connectivity index (χ1n) is 13.4. The minimum atomic E-state index is -0.892. The van der Waals surface area contributed by atoms with E-state index in [9.17, 15) is 9.90 Å². The van der Waals surface area contributed by atoms with Crippen molar-refractivity contribution in [3.63, 3.8) is 0 Å². The third-order valence-corrected chi connectivity index (χ3v) is 8.77. The van der Waals surface area contributed by atoms with Crippen molar-refractivity contribution >= 4 is 46.6 Å². The van der Waals surface area contributed by atoms with Crippen LogP contribution in [0.15, 0.2) is 52.6 Å². The van der Waals surface area contributed by atoms with Crippen molar-refractivity contribution in [3.05, 3.63) is 69.5 Å². The second-order valence-corrected chi connectivity index (χ2v) is 11.8. The zero-order valence-corrected chi connectivity index (χ0v) is 24.4. The summed E-state index contributed by atoms with van der Waals surface area (Å²) in [6.07, 6.45) is 1.21. The largest absolute Gasteiger partial charge is 0.481 e. The van der Waals surface area contributed by atoms with Crippen LogP contribution in [0.4, 0.5) is 0 Å². The fraction of sp³-hybridized carbons (Fsp3) is 0.429. The lowest BCUT2D eigenvalue weighted by atomic mass is 10.00. The number of aliphatic carboxylic acids is 1. The summed E-state index contributed by atoms with van der Waals surface area (Å²) in [5.41, 5.74) is 3.03. The first-order valence-corrected chi connectivity index (χ1v) is 15.2. The summed E-state index contributed by atoms with van der Waals surface area (Å²) in [5.74, 6) is 0.571. The molecule has 2 N–H and O–H groups in total.